The summed E-state index contributed by atoms with van der Waals surface area (Å²) in [6.07, 6.45) is 2.24. The van der Waals surface area contributed by atoms with Crippen molar-refractivity contribution in [1.82, 2.24) is 0 Å². The highest BCUT2D eigenvalue weighted by atomic mass is 35.5. The zero-order valence-corrected chi connectivity index (χ0v) is 9.40. The largest absolute Gasteiger partial charge is 0.385 e. The Morgan fingerprint density at radius 1 is 1.17 bits per heavy atom. The molecule has 12 heavy (non-hydrogen) atoms. The summed E-state index contributed by atoms with van der Waals surface area (Å²) in [6.45, 7) is 7.45. The van der Waals surface area contributed by atoms with Gasteiger partial charge >= 0.3 is 0 Å². The van der Waals surface area contributed by atoms with Crippen molar-refractivity contribution in [3.05, 3.63) is 0 Å². The zero-order valence-electron chi connectivity index (χ0n) is 8.64. The van der Waals surface area contributed by atoms with Gasteiger partial charge in [-0.1, -0.05) is 13.8 Å². The van der Waals surface area contributed by atoms with Gasteiger partial charge in [-0.05, 0) is 31.6 Å². The second-order valence-electron chi connectivity index (χ2n) is 3.75. The van der Waals surface area contributed by atoms with Gasteiger partial charge in [-0.25, -0.2) is 0 Å². The summed E-state index contributed by atoms with van der Waals surface area (Å²) >= 11 is 5.92. The molecular formula is C10H21ClO. The topological polar surface area (TPSA) is 9.23 Å². The Morgan fingerprint density at radius 3 is 2.17 bits per heavy atom. The van der Waals surface area contributed by atoms with Crippen molar-refractivity contribution >= 4 is 11.6 Å². The van der Waals surface area contributed by atoms with Crippen LogP contribution in [-0.2, 0) is 4.74 Å². The van der Waals surface area contributed by atoms with E-state index in [2.05, 4.69) is 20.8 Å². The molecule has 74 valence electrons. The molecule has 3 atom stereocenters. The summed E-state index contributed by atoms with van der Waals surface area (Å²) < 4.78 is 5.03. The third-order valence-corrected chi connectivity index (χ3v) is 2.62. The molecule has 0 rings (SSSR count). The Bertz CT molecular complexity index is 104. The zero-order chi connectivity index (χ0) is 9.56. The van der Waals surface area contributed by atoms with E-state index in [1.165, 1.54) is 0 Å². The van der Waals surface area contributed by atoms with Crippen LogP contribution in [0.4, 0.5) is 0 Å². The van der Waals surface area contributed by atoms with Gasteiger partial charge in [0.25, 0.3) is 0 Å². The normalized spacial score (nSPS) is 18.8. The number of alkyl halides is 1. The molecule has 0 aliphatic rings. The Balaban J connectivity index is 3.53. The standard InChI is InChI=1S/C10H21ClO/c1-8(5-6-12-4)9(2)7-10(3)11/h8-10H,5-7H2,1-4H3. The molecule has 0 amide bonds. The van der Waals surface area contributed by atoms with Gasteiger partial charge in [0.15, 0.2) is 0 Å². The van der Waals surface area contributed by atoms with Crippen molar-refractivity contribution in [2.24, 2.45) is 11.8 Å². The fraction of sp³-hybridized carbons (Fsp3) is 1.00. The molecule has 0 bridgehead atoms. The Kier molecular flexibility index (Phi) is 6.87. The number of ether oxygens (including phenoxy) is 1. The predicted octanol–water partition coefficient (Wildman–Crippen LogP) is 3.31. The molecule has 0 spiro atoms. The van der Waals surface area contributed by atoms with Gasteiger partial charge in [0.1, 0.15) is 0 Å². The Hall–Kier alpha value is 0.250. The molecule has 0 saturated heterocycles. The van der Waals surface area contributed by atoms with E-state index in [-0.39, 0.29) is 0 Å². The van der Waals surface area contributed by atoms with Gasteiger partial charge in [0.05, 0.1) is 0 Å². The first-order chi connectivity index (χ1) is 5.57. The summed E-state index contributed by atoms with van der Waals surface area (Å²) in [6, 6.07) is 0. The first-order valence-electron chi connectivity index (χ1n) is 4.71. The van der Waals surface area contributed by atoms with Crippen LogP contribution in [0.25, 0.3) is 0 Å². The van der Waals surface area contributed by atoms with Crippen molar-refractivity contribution in [1.29, 1.82) is 0 Å². The molecule has 0 aliphatic carbocycles. The quantitative estimate of drug-likeness (QED) is 0.587. The number of halogens is 1. The van der Waals surface area contributed by atoms with Gasteiger partial charge in [0.2, 0.25) is 0 Å². The van der Waals surface area contributed by atoms with Crippen LogP contribution in [0.15, 0.2) is 0 Å². The van der Waals surface area contributed by atoms with Gasteiger partial charge in [-0.15, -0.1) is 11.6 Å². The Labute approximate surface area is 81.4 Å². The maximum Gasteiger partial charge on any atom is 0.0464 e. The summed E-state index contributed by atoms with van der Waals surface area (Å²) in [5, 5.41) is 0.296. The minimum absolute atomic E-state index is 0.296. The summed E-state index contributed by atoms with van der Waals surface area (Å²) in [4.78, 5) is 0. The maximum atomic E-state index is 5.92. The molecule has 1 nitrogen and oxygen atoms in total. The van der Waals surface area contributed by atoms with E-state index in [4.69, 9.17) is 16.3 Å². The Morgan fingerprint density at radius 2 is 1.75 bits per heavy atom. The van der Waals surface area contributed by atoms with E-state index < -0.39 is 0 Å². The minimum Gasteiger partial charge on any atom is -0.385 e. The monoisotopic (exact) mass is 192 g/mol. The lowest BCUT2D eigenvalue weighted by Gasteiger charge is -2.20. The second kappa shape index (κ2) is 6.73. The third-order valence-electron chi connectivity index (χ3n) is 2.45. The molecule has 0 heterocycles. The van der Waals surface area contributed by atoms with Crippen LogP contribution in [-0.4, -0.2) is 19.1 Å². The highest BCUT2D eigenvalue weighted by molar-refractivity contribution is 6.20. The minimum atomic E-state index is 0.296. The SMILES string of the molecule is COCCC(C)C(C)CC(C)Cl. The van der Waals surface area contributed by atoms with Crippen molar-refractivity contribution in [2.45, 2.75) is 39.0 Å². The molecule has 2 heteroatoms. The molecule has 0 aromatic carbocycles. The van der Waals surface area contributed by atoms with E-state index in [0.717, 1.165) is 19.4 Å². The molecular weight excluding hydrogens is 172 g/mol. The van der Waals surface area contributed by atoms with Crippen LogP contribution in [0.2, 0.25) is 0 Å². The van der Waals surface area contributed by atoms with Crippen molar-refractivity contribution in [3.63, 3.8) is 0 Å². The van der Waals surface area contributed by atoms with E-state index in [9.17, 15) is 0 Å². The fourth-order valence-electron chi connectivity index (χ4n) is 1.33. The highest BCUT2D eigenvalue weighted by Crippen LogP contribution is 2.21. The number of methoxy groups -OCH3 is 1. The lowest BCUT2D eigenvalue weighted by atomic mass is 9.89. The third kappa shape index (κ3) is 5.84. The molecule has 3 unspecified atom stereocenters. The average molecular weight is 193 g/mol. The van der Waals surface area contributed by atoms with Crippen LogP contribution in [0.5, 0.6) is 0 Å². The second-order valence-corrected chi connectivity index (χ2v) is 4.50. The number of hydrogen-bond donors (Lipinski definition) is 0. The first-order valence-corrected chi connectivity index (χ1v) is 5.14. The van der Waals surface area contributed by atoms with Gasteiger partial charge in [-0.3, -0.25) is 0 Å². The van der Waals surface area contributed by atoms with E-state index >= 15 is 0 Å². The summed E-state index contributed by atoms with van der Waals surface area (Å²) in [5.41, 5.74) is 0. The summed E-state index contributed by atoms with van der Waals surface area (Å²) in [7, 11) is 1.75. The van der Waals surface area contributed by atoms with E-state index in [1.807, 2.05) is 0 Å². The van der Waals surface area contributed by atoms with Gasteiger partial charge in [0, 0.05) is 19.1 Å². The van der Waals surface area contributed by atoms with Crippen molar-refractivity contribution < 1.29 is 4.74 Å². The van der Waals surface area contributed by atoms with E-state index in [0.29, 0.717) is 17.2 Å². The molecule has 0 fully saturated rings. The average Bonchev–Trinajstić information content (AvgIpc) is 1.98. The maximum absolute atomic E-state index is 5.92. The fourth-order valence-corrected chi connectivity index (χ4v) is 1.61. The lowest BCUT2D eigenvalue weighted by molar-refractivity contribution is 0.166. The summed E-state index contributed by atoms with van der Waals surface area (Å²) in [5.74, 6) is 1.42. The van der Waals surface area contributed by atoms with Crippen LogP contribution in [0.3, 0.4) is 0 Å². The molecule has 0 N–H and O–H groups in total. The van der Waals surface area contributed by atoms with Crippen LogP contribution in [0, 0.1) is 11.8 Å². The molecule has 0 aliphatic heterocycles. The lowest BCUT2D eigenvalue weighted by Crippen LogP contribution is -2.13. The van der Waals surface area contributed by atoms with Crippen molar-refractivity contribution in [2.75, 3.05) is 13.7 Å². The molecule has 0 aromatic rings. The highest BCUT2D eigenvalue weighted by Gasteiger charge is 2.13. The van der Waals surface area contributed by atoms with Crippen molar-refractivity contribution in [3.8, 4) is 0 Å². The number of rotatable bonds is 6. The molecule has 0 saturated carbocycles. The van der Waals surface area contributed by atoms with E-state index in [1.54, 1.807) is 7.11 Å². The molecule has 0 radical (unpaired) electrons. The predicted molar refractivity (Wildman–Crippen MR) is 54.8 cm³/mol. The molecule has 0 aromatic heterocycles. The first kappa shape index (κ1) is 12.2. The van der Waals surface area contributed by atoms with Crippen LogP contribution >= 0.6 is 11.6 Å². The van der Waals surface area contributed by atoms with Gasteiger partial charge < -0.3 is 4.74 Å². The van der Waals surface area contributed by atoms with Crippen LogP contribution in [0.1, 0.15) is 33.6 Å². The number of hydrogen-bond acceptors (Lipinski definition) is 1. The van der Waals surface area contributed by atoms with Crippen LogP contribution < -0.4 is 0 Å². The van der Waals surface area contributed by atoms with Gasteiger partial charge in [-0.2, -0.15) is 0 Å². The smallest absolute Gasteiger partial charge is 0.0464 e.